The third-order valence-electron chi connectivity index (χ3n) is 1.11. The van der Waals surface area contributed by atoms with E-state index in [9.17, 15) is 0 Å². The summed E-state index contributed by atoms with van der Waals surface area (Å²) < 4.78 is 0. The van der Waals surface area contributed by atoms with Crippen LogP contribution in [0.25, 0.3) is 0 Å². The van der Waals surface area contributed by atoms with Crippen molar-refractivity contribution in [3.8, 4) is 6.07 Å². The first kappa shape index (κ1) is 7.52. The highest BCUT2D eigenvalue weighted by molar-refractivity contribution is 5.02. The van der Waals surface area contributed by atoms with E-state index in [1.807, 2.05) is 20.8 Å². The number of rotatable bonds is 1. The number of nitriles is 1. The van der Waals surface area contributed by atoms with E-state index in [-0.39, 0.29) is 11.6 Å². The number of nitrogens with zero attached hydrogens (tertiary/aromatic N) is 2. The van der Waals surface area contributed by atoms with Gasteiger partial charge in [-0.25, -0.2) is 0 Å². The highest BCUT2D eigenvalue weighted by Gasteiger charge is 2.38. The zero-order chi connectivity index (χ0) is 7.78. The summed E-state index contributed by atoms with van der Waals surface area (Å²) in [6, 6.07) is 2.11. The van der Waals surface area contributed by atoms with Crippen LogP contribution < -0.4 is 0 Å². The quantitative estimate of drug-likeness (QED) is 0.508. The van der Waals surface area contributed by atoms with Crippen LogP contribution in [-0.2, 0) is 4.84 Å². The second-order valence-corrected chi connectivity index (χ2v) is 3.45. The topological polar surface area (TPSA) is 36.0 Å². The van der Waals surface area contributed by atoms with Gasteiger partial charge >= 0.3 is 0 Å². The lowest BCUT2D eigenvalue weighted by atomic mass is 10.2. The lowest BCUT2D eigenvalue weighted by molar-refractivity contribution is -0.161. The molecule has 0 aliphatic carbocycles. The van der Waals surface area contributed by atoms with Gasteiger partial charge in [-0.15, -0.1) is 0 Å². The van der Waals surface area contributed by atoms with Gasteiger partial charge in [-0.05, 0) is 20.8 Å². The predicted molar refractivity (Wildman–Crippen MR) is 36.9 cm³/mol. The monoisotopic (exact) mass is 140 g/mol. The van der Waals surface area contributed by atoms with E-state index in [2.05, 4.69) is 6.07 Å². The van der Waals surface area contributed by atoms with Crippen molar-refractivity contribution in [3.63, 3.8) is 0 Å². The van der Waals surface area contributed by atoms with E-state index in [4.69, 9.17) is 10.1 Å². The van der Waals surface area contributed by atoms with Gasteiger partial charge in [0, 0.05) is 0 Å². The van der Waals surface area contributed by atoms with Crippen molar-refractivity contribution in [2.45, 2.75) is 32.4 Å². The van der Waals surface area contributed by atoms with Gasteiger partial charge in [0.1, 0.15) is 6.04 Å². The van der Waals surface area contributed by atoms with Crippen molar-refractivity contribution in [2.24, 2.45) is 0 Å². The maximum atomic E-state index is 8.40. The minimum absolute atomic E-state index is 0.000718. The fraction of sp³-hybridized carbons (Fsp3) is 0.857. The van der Waals surface area contributed by atoms with Crippen LogP contribution in [0.3, 0.4) is 0 Å². The average Bonchev–Trinajstić information content (AvgIpc) is 2.42. The molecule has 0 aromatic carbocycles. The molecular formula is C7H12N2O. The first-order valence-electron chi connectivity index (χ1n) is 3.38. The SMILES string of the molecule is CC(C)(C)ON1CC1C#N. The average molecular weight is 140 g/mol. The molecule has 0 radical (unpaired) electrons. The molecule has 2 atom stereocenters. The van der Waals surface area contributed by atoms with Crippen LogP contribution in [-0.4, -0.2) is 23.3 Å². The Morgan fingerprint density at radius 1 is 1.60 bits per heavy atom. The van der Waals surface area contributed by atoms with Crippen LogP contribution in [0.15, 0.2) is 0 Å². The summed E-state index contributed by atoms with van der Waals surface area (Å²) in [7, 11) is 0. The van der Waals surface area contributed by atoms with Gasteiger partial charge in [-0.3, -0.25) is 4.84 Å². The molecule has 1 aliphatic rings. The van der Waals surface area contributed by atoms with Crippen LogP contribution in [0, 0.1) is 11.3 Å². The molecular weight excluding hydrogens is 128 g/mol. The maximum Gasteiger partial charge on any atom is 0.137 e. The second kappa shape index (κ2) is 2.22. The van der Waals surface area contributed by atoms with Gasteiger partial charge in [-0.2, -0.15) is 10.3 Å². The van der Waals surface area contributed by atoms with Gasteiger partial charge in [0.2, 0.25) is 0 Å². The molecule has 56 valence electrons. The molecule has 1 heterocycles. The Bertz CT molecular complexity index is 165. The van der Waals surface area contributed by atoms with Crippen molar-refractivity contribution < 1.29 is 4.84 Å². The third-order valence-corrected chi connectivity index (χ3v) is 1.11. The Balaban J connectivity index is 2.26. The van der Waals surface area contributed by atoms with E-state index in [1.165, 1.54) is 0 Å². The lowest BCUT2D eigenvalue weighted by Gasteiger charge is -2.18. The molecule has 1 aliphatic heterocycles. The molecule has 0 aromatic heterocycles. The molecule has 0 N–H and O–H groups in total. The molecule has 10 heavy (non-hydrogen) atoms. The second-order valence-electron chi connectivity index (χ2n) is 3.45. The van der Waals surface area contributed by atoms with Gasteiger partial charge < -0.3 is 0 Å². The van der Waals surface area contributed by atoms with Gasteiger partial charge in [0.05, 0.1) is 18.2 Å². The number of hydrogen-bond acceptors (Lipinski definition) is 3. The van der Waals surface area contributed by atoms with Crippen molar-refractivity contribution in [3.05, 3.63) is 0 Å². The van der Waals surface area contributed by atoms with E-state index in [0.717, 1.165) is 6.54 Å². The van der Waals surface area contributed by atoms with Crippen molar-refractivity contribution in [1.82, 2.24) is 5.06 Å². The highest BCUT2D eigenvalue weighted by Crippen LogP contribution is 2.22. The van der Waals surface area contributed by atoms with Gasteiger partial charge in [0.25, 0.3) is 0 Å². The summed E-state index contributed by atoms with van der Waals surface area (Å²) in [5.41, 5.74) is -0.161. The van der Waals surface area contributed by atoms with E-state index >= 15 is 0 Å². The zero-order valence-corrected chi connectivity index (χ0v) is 6.59. The van der Waals surface area contributed by atoms with E-state index < -0.39 is 0 Å². The summed E-state index contributed by atoms with van der Waals surface area (Å²) >= 11 is 0. The standard InChI is InChI=1S/C7H12N2O/c1-7(2,3)10-9-5-6(9)4-8/h6H,5H2,1-3H3. The Morgan fingerprint density at radius 3 is 2.50 bits per heavy atom. The molecule has 1 rings (SSSR count). The van der Waals surface area contributed by atoms with Crippen LogP contribution >= 0.6 is 0 Å². The summed E-state index contributed by atoms with van der Waals surface area (Å²) in [5.74, 6) is 0. The molecule has 2 unspecified atom stereocenters. The first-order valence-corrected chi connectivity index (χ1v) is 3.38. The molecule has 1 saturated heterocycles. The molecule has 3 nitrogen and oxygen atoms in total. The number of hydroxylamine groups is 2. The molecule has 1 fully saturated rings. The first-order chi connectivity index (χ1) is 4.53. The lowest BCUT2D eigenvalue weighted by Crippen LogP contribution is -2.23. The molecule has 0 aromatic rings. The third kappa shape index (κ3) is 1.98. The fourth-order valence-electron chi connectivity index (χ4n) is 0.681. The normalized spacial score (nSPS) is 31.4. The highest BCUT2D eigenvalue weighted by atomic mass is 16.7. The summed E-state index contributed by atoms with van der Waals surface area (Å²) in [6.07, 6.45) is 0. The van der Waals surface area contributed by atoms with Crippen LogP contribution in [0.4, 0.5) is 0 Å². The van der Waals surface area contributed by atoms with Gasteiger partial charge in [0.15, 0.2) is 0 Å². The zero-order valence-electron chi connectivity index (χ0n) is 6.59. The molecule has 0 amide bonds. The minimum Gasteiger partial charge on any atom is -0.292 e. The fourth-order valence-corrected chi connectivity index (χ4v) is 0.681. The molecule has 0 spiro atoms. The van der Waals surface area contributed by atoms with Gasteiger partial charge in [-0.1, -0.05) is 0 Å². The van der Waals surface area contributed by atoms with Crippen molar-refractivity contribution in [1.29, 1.82) is 5.26 Å². The molecule has 3 heteroatoms. The summed E-state index contributed by atoms with van der Waals surface area (Å²) in [4.78, 5) is 5.36. The van der Waals surface area contributed by atoms with Crippen molar-refractivity contribution >= 4 is 0 Å². The maximum absolute atomic E-state index is 8.40. The van der Waals surface area contributed by atoms with Crippen LogP contribution in [0.2, 0.25) is 0 Å². The Kier molecular flexibility index (Phi) is 1.67. The minimum atomic E-state index is -0.161. The Hall–Kier alpha value is -0.590. The summed E-state index contributed by atoms with van der Waals surface area (Å²) in [5, 5.41) is 10.1. The smallest absolute Gasteiger partial charge is 0.137 e. The van der Waals surface area contributed by atoms with Crippen LogP contribution in [0.1, 0.15) is 20.8 Å². The molecule has 0 bridgehead atoms. The summed E-state index contributed by atoms with van der Waals surface area (Å²) in [6.45, 7) is 6.67. The van der Waals surface area contributed by atoms with Crippen molar-refractivity contribution in [2.75, 3.05) is 6.54 Å². The van der Waals surface area contributed by atoms with Crippen LogP contribution in [0.5, 0.6) is 0 Å². The van der Waals surface area contributed by atoms with E-state index in [0.29, 0.717) is 0 Å². The van der Waals surface area contributed by atoms with E-state index in [1.54, 1.807) is 5.06 Å². The molecule has 0 saturated carbocycles. The largest absolute Gasteiger partial charge is 0.292 e. The Labute approximate surface area is 61.1 Å². The number of hydrogen-bond donors (Lipinski definition) is 0. The Morgan fingerprint density at radius 2 is 2.20 bits per heavy atom. The predicted octanol–water partition coefficient (Wildman–Crippen LogP) is 0.924.